The first-order valence-corrected chi connectivity index (χ1v) is 9.97. The largest absolute Gasteiger partial charge is 0.354 e. The van der Waals surface area contributed by atoms with Gasteiger partial charge in [0.25, 0.3) is 0 Å². The van der Waals surface area contributed by atoms with Crippen LogP contribution in [0.15, 0.2) is 60.7 Å². The number of nitrogens with zero attached hydrogens (tertiary/aromatic N) is 4. The van der Waals surface area contributed by atoms with Crippen LogP contribution in [0.2, 0.25) is 0 Å². The van der Waals surface area contributed by atoms with Gasteiger partial charge in [-0.3, -0.25) is 0 Å². The highest BCUT2D eigenvalue weighted by Crippen LogP contribution is 2.25. The molecule has 1 N–H and O–H groups in total. The lowest BCUT2D eigenvalue weighted by Crippen LogP contribution is -2.46. The van der Waals surface area contributed by atoms with Gasteiger partial charge in [-0.2, -0.15) is 0 Å². The van der Waals surface area contributed by atoms with Crippen LogP contribution in [0.5, 0.6) is 0 Å². The summed E-state index contributed by atoms with van der Waals surface area (Å²) in [5, 5.41) is 3.45. The van der Waals surface area contributed by atoms with Gasteiger partial charge in [0, 0.05) is 43.5 Å². The second-order valence-electron chi connectivity index (χ2n) is 7.21. The maximum Gasteiger partial charge on any atom is 0.163 e. The number of aromatic nitrogens is 2. The number of anilines is 3. The Labute approximate surface area is 167 Å². The Morgan fingerprint density at radius 1 is 0.893 bits per heavy atom. The molecule has 1 aliphatic heterocycles. The summed E-state index contributed by atoms with van der Waals surface area (Å²) in [6.07, 6.45) is 0. The van der Waals surface area contributed by atoms with Crippen LogP contribution in [0.4, 0.5) is 17.3 Å². The Morgan fingerprint density at radius 2 is 1.61 bits per heavy atom. The molecule has 3 aromatic rings. The van der Waals surface area contributed by atoms with Crippen LogP contribution in [0.25, 0.3) is 11.4 Å². The Kier molecular flexibility index (Phi) is 5.53. The van der Waals surface area contributed by atoms with Crippen molar-refractivity contribution in [2.45, 2.75) is 13.8 Å². The van der Waals surface area contributed by atoms with Crippen molar-refractivity contribution in [1.82, 2.24) is 14.9 Å². The van der Waals surface area contributed by atoms with Crippen LogP contribution < -0.4 is 10.2 Å². The van der Waals surface area contributed by atoms with E-state index < -0.39 is 0 Å². The highest BCUT2D eigenvalue weighted by molar-refractivity contribution is 5.65. The molecular formula is C23H27N5. The van der Waals surface area contributed by atoms with Crippen molar-refractivity contribution in [3.05, 3.63) is 66.2 Å². The van der Waals surface area contributed by atoms with Crippen LogP contribution in [0.1, 0.15) is 12.5 Å². The predicted octanol–water partition coefficient (Wildman–Crippen LogP) is 4.34. The smallest absolute Gasteiger partial charge is 0.163 e. The van der Waals surface area contributed by atoms with Crippen LogP contribution in [0.3, 0.4) is 0 Å². The van der Waals surface area contributed by atoms with Crippen molar-refractivity contribution in [2.75, 3.05) is 42.9 Å². The summed E-state index contributed by atoms with van der Waals surface area (Å²) in [6.45, 7) is 9.54. The third-order valence-electron chi connectivity index (χ3n) is 5.21. The molecule has 1 aliphatic rings. The lowest BCUT2D eigenvalue weighted by molar-refractivity contribution is 0.270. The first-order valence-electron chi connectivity index (χ1n) is 9.97. The number of piperazine rings is 1. The number of nitrogens with one attached hydrogen (secondary N) is 1. The molecule has 0 aliphatic carbocycles. The fourth-order valence-corrected chi connectivity index (χ4v) is 3.45. The van der Waals surface area contributed by atoms with E-state index in [1.165, 1.54) is 5.56 Å². The van der Waals surface area contributed by atoms with Gasteiger partial charge < -0.3 is 15.1 Å². The maximum absolute atomic E-state index is 4.89. The van der Waals surface area contributed by atoms with Gasteiger partial charge in [0.15, 0.2) is 5.82 Å². The van der Waals surface area contributed by atoms with Crippen molar-refractivity contribution in [3.8, 4) is 11.4 Å². The molecule has 28 heavy (non-hydrogen) atoms. The molecule has 1 fully saturated rings. The molecule has 5 heteroatoms. The Morgan fingerprint density at radius 3 is 2.29 bits per heavy atom. The van der Waals surface area contributed by atoms with Crippen LogP contribution in [-0.2, 0) is 0 Å². The molecule has 0 bridgehead atoms. The average Bonchev–Trinajstić information content (AvgIpc) is 2.76. The molecule has 0 unspecified atom stereocenters. The molecule has 1 saturated heterocycles. The molecule has 144 valence electrons. The van der Waals surface area contributed by atoms with E-state index in [0.717, 1.165) is 61.4 Å². The quantitative estimate of drug-likeness (QED) is 0.721. The number of aryl methyl sites for hydroxylation is 1. The van der Waals surface area contributed by atoms with Gasteiger partial charge in [0.2, 0.25) is 0 Å². The van der Waals surface area contributed by atoms with E-state index in [-0.39, 0.29) is 0 Å². The minimum Gasteiger partial charge on any atom is -0.354 e. The highest BCUT2D eigenvalue weighted by atomic mass is 15.3. The third-order valence-corrected chi connectivity index (χ3v) is 5.21. The molecule has 0 atom stereocenters. The maximum atomic E-state index is 4.89. The van der Waals surface area contributed by atoms with Gasteiger partial charge in [0.05, 0.1) is 0 Å². The lowest BCUT2D eigenvalue weighted by atomic mass is 10.2. The Bertz CT molecular complexity index is 900. The van der Waals surface area contributed by atoms with Crippen LogP contribution >= 0.6 is 0 Å². The molecule has 0 amide bonds. The van der Waals surface area contributed by atoms with Gasteiger partial charge in [-0.15, -0.1) is 0 Å². The Hall–Kier alpha value is -2.92. The van der Waals surface area contributed by atoms with Crippen molar-refractivity contribution >= 4 is 17.3 Å². The molecule has 0 radical (unpaired) electrons. The SMILES string of the molecule is CCN1CCN(c2cc(Nc3ccc(C)cc3)nc(-c3ccccc3)n2)CC1. The minimum absolute atomic E-state index is 0.755. The van der Waals surface area contributed by atoms with Crippen molar-refractivity contribution in [2.24, 2.45) is 0 Å². The fourth-order valence-electron chi connectivity index (χ4n) is 3.45. The number of hydrogen-bond donors (Lipinski definition) is 1. The average molecular weight is 374 g/mol. The fraction of sp³-hybridized carbons (Fsp3) is 0.304. The standard InChI is InChI=1S/C23H27N5/c1-3-27-13-15-28(16-14-27)22-17-21(24-20-11-9-18(2)10-12-20)25-23(26-22)19-7-5-4-6-8-19/h4-12,17H,3,13-16H2,1-2H3,(H,24,25,26). The second kappa shape index (κ2) is 8.40. The zero-order valence-electron chi connectivity index (χ0n) is 16.6. The summed E-state index contributed by atoms with van der Waals surface area (Å²) < 4.78 is 0. The molecule has 0 spiro atoms. The number of hydrogen-bond acceptors (Lipinski definition) is 5. The molecule has 0 saturated carbocycles. The van der Waals surface area contributed by atoms with E-state index in [1.54, 1.807) is 0 Å². The summed E-state index contributed by atoms with van der Waals surface area (Å²) in [4.78, 5) is 14.5. The summed E-state index contributed by atoms with van der Waals surface area (Å²) in [5.41, 5.74) is 3.31. The minimum atomic E-state index is 0.755. The molecular weight excluding hydrogens is 346 g/mol. The predicted molar refractivity (Wildman–Crippen MR) is 116 cm³/mol. The first kappa shape index (κ1) is 18.4. The second-order valence-corrected chi connectivity index (χ2v) is 7.21. The molecule has 2 aromatic carbocycles. The molecule has 4 rings (SSSR count). The van der Waals surface area contributed by atoms with Crippen molar-refractivity contribution < 1.29 is 0 Å². The number of likely N-dealkylation sites (N-methyl/N-ethyl adjacent to an activating group) is 1. The summed E-state index contributed by atoms with van der Waals surface area (Å²) in [7, 11) is 0. The van der Waals surface area contributed by atoms with Crippen molar-refractivity contribution in [1.29, 1.82) is 0 Å². The van der Waals surface area contributed by atoms with E-state index >= 15 is 0 Å². The normalized spacial score (nSPS) is 14.9. The van der Waals surface area contributed by atoms with E-state index in [4.69, 9.17) is 9.97 Å². The molecule has 5 nitrogen and oxygen atoms in total. The van der Waals surface area contributed by atoms with E-state index in [1.807, 2.05) is 18.2 Å². The van der Waals surface area contributed by atoms with Crippen molar-refractivity contribution in [3.63, 3.8) is 0 Å². The monoisotopic (exact) mass is 373 g/mol. The van der Waals surface area contributed by atoms with E-state index in [0.29, 0.717) is 0 Å². The van der Waals surface area contributed by atoms with Gasteiger partial charge in [-0.1, -0.05) is 55.0 Å². The summed E-state index contributed by atoms with van der Waals surface area (Å²) in [5.74, 6) is 2.57. The van der Waals surface area contributed by atoms with Crippen LogP contribution in [0, 0.1) is 6.92 Å². The topological polar surface area (TPSA) is 44.3 Å². The summed E-state index contributed by atoms with van der Waals surface area (Å²) in [6, 6.07) is 20.6. The van der Waals surface area contributed by atoms with E-state index in [2.05, 4.69) is 71.4 Å². The zero-order valence-corrected chi connectivity index (χ0v) is 16.6. The highest BCUT2D eigenvalue weighted by Gasteiger charge is 2.18. The van der Waals surface area contributed by atoms with E-state index in [9.17, 15) is 0 Å². The molecule has 2 heterocycles. The van der Waals surface area contributed by atoms with Gasteiger partial charge in [-0.25, -0.2) is 9.97 Å². The van der Waals surface area contributed by atoms with Gasteiger partial charge in [0.1, 0.15) is 11.6 Å². The number of rotatable bonds is 5. The third kappa shape index (κ3) is 4.31. The van der Waals surface area contributed by atoms with Gasteiger partial charge >= 0.3 is 0 Å². The van der Waals surface area contributed by atoms with Gasteiger partial charge in [-0.05, 0) is 25.6 Å². The Balaban J connectivity index is 1.66. The summed E-state index contributed by atoms with van der Waals surface area (Å²) >= 11 is 0. The first-order chi connectivity index (χ1) is 13.7. The molecule has 1 aromatic heterocycles. The van der Waals surface area contributed by atoms with Crippen LogP contribution in [-0.4, -0.2) is 47.6 Å². The zero-order chi connectivity index (χ0) is 19.3. The lowest BCUT2D eigenvalue weighted by Gasteiger charge is -2.35. The number of benzene rings is 2.